The quantitative estimate of drug-likeness (QED) is 0.623. The molecule has 1 heterocycles. The van der Waals surface area contributed by atoms with Crippen molar-refractivity contribution in [2.45, 2.75) is 38.8 Å². The van der Waals surface area contributed by atoms with E-state index in [-0.39, 0.29) is 12.6 Å². The second-order valence-corrected chi connectivity index (χ2v) is 7.55. The second-order valence-electron chi connectivity index (χ2n) is 6.64. The highest BCUT2D eigenvalue weighted by atomic mass is 79.9. The zero-order valence-corrected chi connectivity index (χ0v) is 16.5. The molecule has 9 heteroatoms. The largest absolute Gasteiger partial charge is 0.444 e. The number of halogens is 1. The molecule has 8 nitrogen and oxygen atoms in total. The van der Waals surface area contributed by atoms with E-state index < -0.39 is 17.7 Å². The lowest BCUT2D eigenvalue weighted by Crippen LogP contribution is -2.36. The first-order valence-electron chi connectivity index (χ1n) is 8.19. The summed E-state index contributed by atoms with van der Waals surface area (Å²) in [7, 11) is 0. The summed E-state index contributed by atoms with van der Waals surface area (Å²) in [5.74, 6) is 0.319. The average molecular weight is 427 g/mol. The molecule has 142 valence electrons. The van der Waals surface area contributed by atoms with Gasteiger partial charge in [-0.15, -0.1) is 0 Å². The number of nitrogens with zero attached hydrogens (tertiary/aromatic N) is 2. The molecule has 2 aromatic rings. The lowest BCUT2D eigenvalue weighted by molar-refractivity contribution is 0.0500. The van der Waals surface area contributed by atoms with Gasteiger partial charge in [-0.3, -0.25) is 0 Å². The number of aliphatic hydroxyl groups is 1. The first-order chi connectivity index (χ1) is 12.3. The van der Waals surface area contributed by atoms with Crippen LogP contribution in [0.5, 0.6) is 0 Å². The number of anilines is 1. The first kappa shape index (κ1) is 20.2. The lowest BCUT2D eigenvalue weighted by atomic mass is 10.1. The third-order valence-electron chi connectivity index (χ3n) is 3.19. The van der Waals surface area contributed by atoms with Gasteiger partial charge >= 0.3 is 12.1 Å². The fraction of sp³-hybridized carbons (Fsp3) is 0.471. The second kappa shape index (κ2) is 9.00. The smallest absolute Gasteiger partial charge is 0.408 e. The molecule has 26 heavy (non-hydrogen) atoms. The fourth-order valence-corrected chi connectivity index (χ4v) is 2.39. The van der Waals surface area contributed by atoms with Gasteiger partial charge in [-0.2, -0.15) is 4.98 Å². The molecule has 1 unspecified atom stereocenters. The summed E-state index contributed by atoms with van der Waals surface area (Å²) >= 11 is 3.40. The summed E-state index contributed by atoms with van der Waals surface area (Å²) < 4.78 is 11.4. The van der Waals surface area contributed by atoms with E-state index in [9.17, 15) is 4.79 Å². The van der Waals surface area contributed by atoms with Gasteiger partial charge < -0.3 is 25.0 Å². The fourth-order valence-electron chi connectivity index (χ4n) is 2.12. The first-order valence-corrected chi connectivity index (χ1v) is 8.98. The van der Waals surface area contributed by atoms with Crippen molar-refractivity contribution in [1.82, 2.24) is 15.5 Å². The van der Waals surface area contributed by atoms with Crippen LogP contribution in [0.2, 0.25) is 0 Å². The Hall–Kier alpha value is -2.13. The number of aliphatic hydroxyl groups excluding tert-OH is 1. The molecular formula is C17H23BrN4O4. The highest BCUT2D eigenvalue weighted by Crippen LogP contribution is 2.20. The number of ether oxygens (including phenoxy) is 1. The van der Waals surface area contributed by atoms with E-state index in [0.29, 0.717) is 18.8 Å². The van der Waals surface area contributed by atoms with E-state index in [1.807, 2.05) is 24.3 Å². The van der Waals surface area contributed by atoms with Crippen molar-refractivity contribution < 1.29 is 19.2 Å². The molecule has 0 saturated heterocycles. The summed E-state index contributed by atoms with van der Waals surface area (Å²) in [6, 6.07) is 7.38. The Bertz CT molecular complexity index is 712. The monoisotopic (exact) mass is 426 g/mol. The molecule has 0 fully saturated rings. The molecule has 1 aromatic heterocycles. The number of nitrogens with one attached hydrogen (secondary N) is 2. The minimum atomic E-state index is -0.614. The van der Waals surface area contributed by atoms with Gasteiger partial charge in [0, 0.05) is 17.4 Å². The van der Waals surface area contributed by atoms with Gasteiger partial charge in [0.1, 0.15) is 5.60 Å². The molecule has 1 atom stereocenters. The standard InChI is InChI=1S/C17H23BrN4O4/c1-17(2,3)25-16(24)20-13(10-11-4-6-12(18)7-5-11)14-21-15(26-22-14)19-8-9-23/h4-7,13,23H,8-10H2,1-3H3,(H,20,24)(H,19,21,22). The van der Waals surface area contributed by atoms with Gasteiger partial charge in [0.25, 0.3) is 0 Å². The predicted molar refractivity (Wildman–Crippen MR) is 99.8 cm³/mol. The molecule has 0 aliphatic heterocycles. The zero-order valence-electron chi connectivity index (χ0n) is 15.0. The third kappa shape index (κ3) is 6.64. The van der Waals surface area contributed by atoms with E-state index in [4.69, 9.17) is 14.4 Å². The molecule has 0 aliphatic rings. The normalized spacial score (nSPS) is 12.5. The summed E-state index contributed by atoms with van der Waals surface area (Å²) in [4.78, 5) is 16.4. The summed E-state index contributed by atoms with van der Waals surface area (Å²) in [6.45, 7) is 5.61. The minimum absolute atomic E-state index is 0.0593. The van der Waals surface area contributed by atoms with Crippen LogP contribution in [0.3, 0.4) is 0 Å². The van der Waals surface area contributed by atoms with Crippen LogP contribution in [0.25, 0.3) is 0 Å². The van der Waals surface area contributed by atoms with Crippen molar-refractivity contribution in [3.63, 3.8) is 0 Å². The third-order valence-corrected chi connectivity index (χ3v) is 3.71. The molecule has 0 spiro atoms. The van der Waals surface area contributed by atoms with Crippen molar-refractivity contribution in [2.24, 2.45) is 0 Å². The molecule has 2 rings (SSSR count). The number of carbonyl (C=O) groups excluding carboxylic acids is 1. The Morgan fingerprint density at radius 1 is 1.35 bits per heavy atom. The minimum Gasteiger partial charge on any atom is -0.444 e. The Labute approximate surface area is 160 Å². The van der Waals surface area contributed by atoms with Crippen LogP contribution in [0.1, 0.15) is 38.2 Å². The molecule has 0 radical (unpaired) electrons. The number of amides is 1. The molecule has 0 saturated carbocycles. The molecular weight excluding hydrogens is 404 g/mol. The van der Waals surface area contributed by atoms with Gasteiger partial charge in [-0.05, 0) is 38.5 Å². The number of carbonyl (C=O) groups is 1. The van der Waals surface area contributed by atoms with Gasteiger partial charge in [0.15, 0.2) is 5.82 Å². The van der Waals surface area contributed by atoms with Gasteiger partial charge in [0.05, 0.1) is 12.6 Å². The Morgan fingerprint density at radius 3 is 2.65 bits per heavy atom. The predicted octanol–water partition coefficient (Wildman–Crippen LogP) is 3.04. The molecule has 1 aromatic carbocycles. The number of hydrogen-bond donors (Lipinski definition) is 3. The Kier molecular flexibility index (Phi) is 6.98. The maximum absolute atomic E-state index is 12.2. The topological polar surface area (TPSA) is 110 Å². The van der Waals surface area contributed by atoms with Crippen molar-refractivity contribution in [2.75, 3.05) is 18.5 Å². The van der Waals surface area contributed by atoms with E-state index in [0.717, 1.165) is 10.0 Å². The van der Waals surface area contributed by atoms with Crippen molar-refractivity contribution >= 4 is 28.0 Å². The highest BCUT2D eigenvalue weighted by molar-refractivity contribution is 9.10. The van der Waals surface area contributed by atoms with Crippen LogP contribution in [-0.2, 0) is 11.2 Å². The number of alkyl carbamates (subject to hydrolysis) is 1. The number of rotatable bonds is 7. The summed E-state index contributed by atoms with van der Waals surface area (Å²) in [5.41, 5.74) is 0.376. The maximum Gasteiger partial charge on any atom is 0.408 e. The van der Waals surface area contributed by atoms with E-state index >= 15 is 0 Å². The number of hydrogen-bond acceptors (Lipinski definition) is 7. The van der Waals surface area contributed by atoms with Crippen LogP contribution >= 0.6 is 15.9 Å². The van der Waals surface area contributed by atoms with Crippen LogP contribution in [0, 0.1) is 0 Å². The van der Waals surface area contributed by atoms with Crippen molar-refractivity contribution in [3.05, 3.63) is 40.1 Å². The SMILES string of the molecule is CC(C)(C)OC(=O)NC(Cc1ccc(Br)cc1)c1noc(NCCO)n1. The average Bonchev–Trinajstić information content (AvgIpc) is 3.01. The Morgan fingerprint density at radius 2 is 2.04 bits per heavy atom. The molecule has 3 N–H and O–H groups in total. The van der Waals surface area contributed by atoms with Gasteiger partial charge in [0.2, 0.25) is 0 Å². The van der Waals surface area contributed by atoms with Gasteiger partial charge in [-0.1, -0.05) is 33.2 Å². The van der Waals surface area contributed by atoms with Crippen LogP contribution in [-0.4, -0.2) is 40.1 Å². The zero-order chi connectivity index (χ0) is 19.2. The van der Waals surface area contributed by atoms with Crippen molar-refractivity contribution in [1.29, 1.82) is 0 Å². The summed E-state index contributed by atoms with van der Waals surface area (Å²) in [5, 5.41) is 18.4. The van der Waals surface area contributed by atoms with Crippen LogP contribution < -0.4 is 10.6 Å². The van der Waals surface area contributed by atoms with E-state index in [2.05, 4.69) is 36.7 Å². The summed E-state index contributed by atoms with van der Waals surface area (Å²) in [6.07, 6.45) is -0.0971. The Balaban J connectivity index is 2.15. The van der Waals surface area contributed by atoms with E-state index in [1.165, 1.54) is 0 Å². The van der Waals surface area contributed by atoms with Crippen molar-refractivity contribution in [3.8, 4) is 0 Å². The molecule has 0 bridgehead atoms. The maximum atomic E-state index is 12.2. The van der Waals surface area contributed by atoms with Gasteiger partial charge in [-0.25, -0.2) is 4.79 Å². The van der Waals surface area contributed by atoms with E-state index in [1.54, 1.807) is 20.8 Å². The van der Waals surface area contributed by atoms with Crippen LogP contribution in [0.15, 0.2) is 33.3 Å². The number of benzene rings is 1. The molecule has 1 amide bonds. The highest BCUT2D eigenvalue weighted by Gasteiger charge is 2.24. The lowest BCUT2D eigenvalue weighted by Gasteiger charge is -2.22. The molecule has 0 aliphatic carbocycles. The van der Waals surface area contributed by atoms with Crippen LogP contribution in [0.4, 0.5) is 10.8 Å². The number of aromatic nitrogens is 2.